The highest BCUT2D eigenvalue weighted by molar-refractivity contribution is 7.90. The number of nitrogens with one attached hydrogen (secondary N) is 1. The largest absolute Gasteiger partial charge is 0.465 e. The summed E-state index contributed by atoms with van der Waals surface area (Å²) in [6.07, 6.45) is -4.24. The molecule has 0 spiro atoms. The van der Waals surface area contributed by atoms with Crippen molar-refractivity contribution in [2.24, 2.45) is 10.5 Å². The van der Waals surface area contributed by atoms with Crippen LogP contribution in [0.1, 0.15) is 25.0 Å². The van der Waals surface area contributed by atoms with Crippen LogP contribution in [0.2, 0.25) is 5.02 Å². The Morgan fingerprint density at radius 3 is 2.39 bits per heavy atom. The Morgan fingerprint density at radius 2 is 1.83 bits per heavy atom. The maximum absolute atomic E-state index is 13.2. The van der Waals surface area contributed by atoms with E-state index in [9.17, 15) is 31.2 Å². The zero-order valence-electron chi connectivity index (χ0n) is 19.5. The molecular formula is C23H23ClF3N3O5S. The molecule has 1 aliphatic heterocycles. The fourth-order valence-electron chi connectivity index (χ4n) is 3.76. The molecule has 1 amide bonds. The summed E-state index contributed by atoms with van der Waals surface area (Å²) in [4.78, 5) is 24.5. The number of amides is 1. The Morgan fingerprint density at radius 1 is 1.19 bits per heavy atom. The van der Waals surface area contributed by atoms with E-state index in [1.807, 2.05) is 0 Å². The Balaban J connectivity index is 1.85. The van der Waals surface area contributed by atoms with Crippen molar-refractivity contribution in [1.82, 2.24) is 5.01 Å². The van der Waals surface area contributed by atoms with Crippen LogP contribution in [0.4, 0.5) is 18.9 Å². The van der Waals surface area contributed by atoms with E-state index < -0.39 is 43.8 Å². The van der Waals surface area contributed by atoms with Crippen molar-refractivity contribution in [3.63, 3.8) is 0 Å². The average molecular weight is 546 g/mol. The normalized spacial score (nSPS) is 18.1. The van der Waals surface area contributed by atoms with Crippen LogP contribution in [0.3, 0.4) is 0 Å². The van der Waals surface area contributed by atoms with Gasteiger partial charge in [-0.25, -0.2) is 8.42 Å². The molecule has 2 aromatic rings. The first-order valence-corrected chi connectivity index (χ1v) is 12.9. The van der Waals surface area contributed by atoms with Crippen LogP contribution in [-0.4, -0.2) is 57.0 Å². The van der Waals surface area contributed by atoms with E-state index in [1.54, 1.807) is 38.1 Å². The number of alkyl halides is 3. The number of esters is 1. The van der Waals surface area contributed by atoms with E-state index in [-0.39, 0.29) is 25.4 Å². The van der Waals surface area contributed by atoms with E-state index in [1.165, 1.54) is 5.01 Å². The summed E-state index contributed by atoms with van der Waals surface area (Å²) in [6.45, 7) is 3.07. The summed E-state index contributed by atoms with van der Waals surface area (Å²) in [6, 6.07) is 8.93. The Bertz CT molecular complexity index is 1310. The van der Waals surface area contributed by atoms with E-state index >= 15 is 0 Å². The number of nitrogens with zero attached hydrogens (tertiary/aromatic N) is 2. The molecule has 2 aromatic carbocycles. The molecule has 0 saturated carbocycles. The number of rotatable bonds is 7. The lowest BCUT2D eigenvalue weighted by Crippen LogP contribution is -2.41. The number of benzene rings is 2. The topological polar surface area (TPSA) is 105 Å². The summed E-state index contributed by atoms with van der Waals surface area (Å²) in [5.74, 6) is -1.22. The standard InChI is InChI=1S/C23H23ClF3N3O5S/c1-4-35-21(32)22(2)13-30(29-20(22)14-5-7-15(24)8-6-14)12-19(31)28-16-9-10-17(23(25,26)27)18(11-16)36(3,33)34/h5-11H,4,12-13H2,1-3H3,(H,28,31). The lowest BCUT2D eigenvalue weighted by atomic mass is 9.82. The van der Waals surface area contributed by atoms with E-state index in [4.69, 9.17) is 16.3 Å². The van der Waals surface area contributed by atoms with Crippen molar-refractivity contribution in [1.29, 1.82) is 0 Å². The number of carbonyl (C=O) groups excluding carboxylic acids is 2. The van der Waals surface area contributed by atoms with Crippen LogP contribution in [0.15, 0.2) is 52.5 Å². The second-order valence-corrected chi connectivity index (χ2v) is 10.8. The zero-order valence-corrected chi connectivity index (χ0v) is 21.1. The molecule has 1 heterocycles. The molecule has 8 nitrogen and oxygen atoms in total. The van der Waals surface area contributed by atoms with Gasteiger partial charge in [-0.05, 0) is 49.7 Å². The van der Waals surface area contributed by atoms with Gasteiger partial charge in [0.15, 0.2) is 9.84 Å². The highest BCUT2D eigenvalue weighted by Gasteiger charge is 2.47. The predicted molar refractivity (Wildman–Crippen MR) is 127 cm³/mol. The van der Waals surface area contributed by atoms with E-state index in [2.05, 4.69) is 10.4 Å². The minimum Gasteiger partial charge on any atom is -0.465 e. The third-order valence-electron chi connectivity index (χ3n) is 5.40. The number of sulfone groups is 1. The molecule has 1 unspecified atom stereocenters. The van der Waals surface area contributed by atoms with Gasteiger partial charge in [0.25, 0.3) is 0 Å². The van der Waals surface area contributed by atoms with Gasteiger partial charge >= 0.3 is 12.1 Å². The van der Waals surface area contributed by atoms with Gasteiger partial charge in [-0.3, -0.25) is 14.6 Å². The molecule has 36 heavy (non-hydrogen) atoms. The van der Waals surface area contributed by atoms with Gasteiger partial charge < -0.3 is 10.1 Å². The van der Waals surface area contributed by atoms with Gasteiger partial charge in [0, 0.05) is 17.0 Å². The van der Waals surface area contributed by atoms with Crippen LogP contribution in [-0.2, 0) is 30.3 Å². The molecule has 0 bridgehead atoms. The van der Waals surface area contributed by atoms with Crippen LogP contribution in [0.5, 0.6) is 0 Å². The highest BCUT2D eigenvalue weighted by atomic mass is 35.5. The van der Waals surface area contributed by atoms with E-state index in [0.29, 0.717) is 28.6 Å². The third kappa shape index (κ3) is 5.98. The van der Waals surface area contributed by atoms with Crippen molar-refractivity contribution >= 4 is 44.7 Å². The number of ether oxygens (including phenoxy) is 1. The minimum atomic E-state index is -4.89. The van der Waals surface area contributed by atoms with Crippen LogP contribution < -0.4 is 5.32 Å². The molecule has 0 aromatic heterocycles. The van der Waals surface area contributed by atoms with Crippen molar-refractivity contribution in [2.45, 2.75) is 24.9 Å². The molecule has 0 aliphatic carbocycles. The summed E-state index contributed by atoms with van der Waals surface area (Å²) in [5, 5.41) is 8.63. The second-order valence-electron chi connectivity index (χ2n) is 8.36. The van der Waals surface area contributed by atoms with Gasteiger partial charge in [-0.2, -0.15) is 18.3 Å². The number of hydrogen-bond acceptors (Lipinski definition) is 7. The first-order valence-electron chi connectivity index (χ1n) is 10.6. The van der Waals surface area contributed by atoms with Crippen molar-refractivity contribution in [2.75, 3.05) is 31.3 Å². The molecule has 1 N–H and O–H groups in total. The molecule has 13 heteroatoms. The fraction of sp³-hybridized carbons (Fsp3) is 0.348. The van der Waals surface area contributed by atoms with Crippen molar-refractivity contribution < 1.29 is 35.9 Å². The summed E-state index contributed by atoms with van der Waals surface area (Å²) in [5.41, 5.74) is -1.72. The van der Waals surface area contributed by atoms with Gasteiger partial charge in [-0.15, -0.1) is 0 Å². The molecule has 3 rings (SSSR count). The maximum Gasteiger partial charge on any atom is 0.417 e. The number of halogens is 4. The quantitative estimate of drug-likeness (QED) is 0.528. The molecular weight excluding hydrogens is 523 g/mol. The van der Waals surface area contributed by atoms with Crippen molar-refractivity contribution in [3.05, 3.63) is 58.6 Å². The number of anilines is 1. The van der Waals surface area contributed by atoms with E-state index in [0.717, 1.165) is 12.1 Å². The van der Waals surface area contributed by atoms with Gasteiger partial charge in [0.1, 0.15) is 12.0 Å². The first kappa shape index (κ1) is 27.5. The maximum atomic E-state index is 13.2. The van der Waals surface area contributed by atoms with Gasteiger partial charge in [0.05, 0.1) is 29.3 Å². The molecule has 1 atom stereocenters. The SMILES string of the molecule is CCOC(=O)C1(C)CN(CC(=O)Nc2ccc(C(F)(F)F)c(S(C)(=O)=O)c2)N=C1c1ccc(Cl)cc1. The molecule has 0 radical (unpaired) electrons. The number of hydrazone groups is 1. The second kappa shape index (κ2) is 10.1. The van der Waals surface area contributed by atoms with Gasteiger partial charge in [-0.1, -0.05) is 23.7 Å². The Hall–Kier alpha value is -3.12. The summed E-state index contributed by atoms with van der Waals surface area (Å²) >= 11 is 5.96. The fourth-order valence-corrected chi connectivity index (χ4v) is 4.81. The van der Waals surface area contributed by atoms with Crippen molar-refractivity contribution in [3.8, 4) is 0 Å². The molecule has 194 valence electrons. The monoisotopic (exact) mass is 545 g/mol. The Kier molecular flexibility index (Phi) is 7.70. The lowest BCUT2D eigenvalue weighted by Gasteiger charge is -2.24. The number of carbonyl (C=O) groups is 2. The predicted octanol–water partition coefficient (Wildman–Crippen LogP) is 3.99. The molecule has 0 saturated heterocycles. The lowest BCUT2D eigenvalue weighted by molar-refractivity contribution is -0.150. The van der Waals surface area contributed by atoms with Crippen LogP contribution in [0.25, 0.3) is 0 Å². The average Bonchev–Trinajstić information content (AvgIpc) is 3.10. The van der Waals surface area contributed by atoms with Gasteiger partial charge in [0.2, 0.25) is 5.91 Å². The minimum absolute atomic E-state index is 0.00118. The summed E-state index contributed by atoms with van der Waals surface area (Å²) < 4.78 is 68.7. The smallest absolute Gasteiger partial charge is 0.417 e. The summed E-state index contributed by atoms with van der Waals surface area (Å²) in [7, 11) is -4.23. The van der Waals surface area contributed by atoms with Crippen LogP contribution in [0, 0.1) is 5.41 Å². The first-order chi connectivity index (χ1) is 16.6. The highest BCUT2D eigenvalue weighted by Crippen LogP contribution is 2.36. The van der Waals surface area contributed by atoms with Crippen LogP contribution >= 0.6 is 11.6 Å². The zero-order chi connectivity index (χ0) is 26.9. The Labute approximate surface area is 211 Å². The molecule has 0 fully saturated rings. The molecule has 1 aliphatic rings. The number of hydrogen-bond donors (Lipinski definition) is 1. The third-order valence-corrected chi connectivity index (χ3v) is 6.79.